The molecule has 0 fully saturated rings. The van der Waals surface area contributed by atoms with Crippen molar-refractivity contribution in [1.82, 2.24) is 4.57 Å². The second kappa shape index (κ2) is 3.85. The molecule has 92 valence electrons. The van der Waals surface area contributed by atoms with E-state index in [4.69, 9.17) is 5.14 Å². The van der Waals surface area contributed by atoms with Crippen LogP contribution < -0.4 is 5.14 Å². The van der Waals surface area contributed by atoms with Crippen molar-refractivity contribution < 1.29 is 8.42 Å². The zero-order chi connectivity index (χ0) is 12.8. The molecule has 0 aliphatic heterocycles. The maximum atomic E-state index is 11.6. The van der Waals surface area contributed by atoms with E-state index in [1.807, 2.05) is 37.7 Å². The number of hydrogen-bond acceptors (Lipinski definition) is 2. The molecular weight excluding hydrogens is 236 g/mol. The van der Waals surface area contributed by atoms with Crippen LogP contribution in [0.15, 0.2) is 23.2 Å². The minimum absolute atomic E-state index is 0.211. The number of nitrogens with zero attached hydrogens (tertiary/aromatic N) is 1. The fraction of sp³-hybridized carbons (Fsp3) is 0.333. The predicted molar refractivity (Wildman–Crippen MR) is 68.4 cm³/mol. The molecule has 2 N–H and O–H groups in total. The highest BCUT2D eigenvalue weighted by Gasteiger charge is 2.17. The van der Waals surface area contributed by atoms with Crippen molar-refractivity contribution in [3.63, 3.8) is 0 Å². The number of nitrogens with two attached hydrogens (primary N) is 1. The lowest BCUT2D eigenvalue weighted by Crippen LogP contribution is -2.14. The van der Waals surface area contributed by atoms with Gasteiger partial charge in [0.2, 0.25) is 10.0 Å². The molecule has 1 heterocycles. The second-order valence-electron chi connectivity index (χ2n) is 4.31. The van der Waals surface area contributed by atoms with Crippen LogP contribution in [0.5, 0.6) is 0 Å². The van der Waals surface area contributed by atoms with Crippen molar-refractivity contribution >= 4 is 20.9 Å². The van der Waals surface area contributed by atoms with Gasteiger partial charge in [0.15, 0.2) is 0 Å². The van der Waals surface area contributed by atoms with Gasteiger partial charge in [0.25, 0.3) is 0 Å². The predicted octanol–water partition coefficient (Wildman–Crippen LogP) is 1.70. The average Bonchev–Trinajstić information content (AvgIpc) is 2.52. The minimum Gasteiger partial charge on any atom is -0.349 e. The molecule has 0 aliphatic rings. The number of hydrogen-bond donors (Lipinski definition) is 1. The van der Waals surface area contributed by atoms with Gasteiger partial charge in [0.1, 0.15) is 4.90 Å². The van der Waals surface area contributed by atoms with Crippen LogP contribution >= 0.6 is 0 Å². The van der Waals surface area contributed by atoms with E-state index in [0.29, 0.717) is 5.52 Å². The molecular formula is C12H16N2O2S. The lowest BCUT2D eigenvalue weighted by molar-refractivity contribution is 0.598. The largest absolute Gasteiger partial charge is 0.349 e. The molecule has 2 rings (SSSR count). The third-order valence-corrected chi connectivity index (χ3v) is 3.94. The number of aromatic nitrogens is 1. The van der Waals surface area contributed by atoms with E-state index in [9.17, 15) is 8.42 Å². The summed E-state index contributed by atoms with van der Waals surface area (Å²) < 4.78 is 25.1. The van der Waals surface area contributed by atoms with Crippen molar-refractivity contribution in [3.05, 3.63) is 29.5 Å². The van der Waals surface area contributed by atoms with Crippen molar-refractivity contribution in [3.8, 4) is 0 Å². The molecule has 1 aromatic carbocycles. The van der Waals surface area contributed by atoms with Crippen LogP contribution in [0.1, 0.15) is 18.1 Å². The minimum atomic E-state index is -3.69. The van der Waals surface area contributed by atoms with Gasteiger partial charge in [-0.1, -0.05) is 6.92 Å². The molecule has 0 saturated heterocycles. The first-order chi connectivity index (χ1) is 7.84. The summed E-state index contributed by atoms with van der Waals surface area (Å²) in [4.78, 5) is 0.211. The molecule has 4 nitrogen and oxygen atoms in total. The maximum Gasteiger partial charge on any atom is 0.240 e. The van der Waals surface area contributed by atoms with E-state index in [2.05, 4.69) is 0 Å². The highest BCUT2D eigenvalue weighted by molar-refractivity contribution is 7.89. The lowest BCUT2D eigenvalue weighted by Gasteiger charge is -2.07. The fourth-order valence-corrected chi connectivity index (χ4v) is 3.01. The molecule has 0 bridgehead atoms. The first-order valence-corrected chi connectivity index (χ1v) is 7.00. The molecule has 0 amide bonds. The van der Waals surface area contributed by atoms with Crippen LogP contribution in [-0.4, -0.2) is 13.0 Å². The molecule has 0 saturated carbocycles. The Kier molecular flexibility index (Phi) is 2.75. The maximum absolute atomic E-state index is 11.6. The Morgan fingerprint density at radius 2 is 2.00 bits per heavy atom. The second-order valence-corrected chi connectivity index (χ2v) is 5.84. The average molecular weight is 252 g/mol. The molecule has 0 aliphatic carbocycles. The molecule has 17 heavy (non-hydrogen) atoms. The lowest BCUT2D eigenvalue weighted by atomic mass is 10.1. The number of benzene rings is 1. The van der Waals surface area contributed by atoms with Gasteiger partial charge in [0.05, 0.1) is 5.52 Å². The summed E-state index contributed by atoms with van der Waals surface area (Å²) in [6.45, 7) is 3.96. The van der Waals surface area contributed by atoms with Crippen molar-refractivity contribution in [2.24, 2.45) is 12.2 Å². The third-order valence-electron chi connectivity index (χ3n) is 3.01. The molecule has 0 radical (unpaired) electrons. The summed E-state index contributed by atoms with van der Waals surface area (Å²) >= 11 is 0. The molecule has 5 heteroatoms. The molecule has 1 aromatic heterocycles. The molecule has 0 atom stereocenters. The van der Waals surface area contributed by atoms with E-state index in [1.54, 1.807) is 6.07 Å². The summed E-state index contributed by atoms with van der Waals surface area (Å²) in [6.07, 6.45) is 2.70. The standard InChI is InChI=1S/C12H16N2O2S/c1-4-9-5-10-8(2)7-14(3)12(10)11(6-9)17(13,15)16/h5-7H,4H2,1-3H3,(H2,13,15,16). The van der Waals surface area contributed by atoms with Crippen LogP contribution in [-0.2, 0) is 23.5 Å². The van der Waals surface area contributed by atoms with Gasteiger partial charge in [-0.25, -0.2) is 13.6 Å². The van der Waals surface area contributed by atoms with Crippen LogP contribution in [0.2, 0.25) is 0 Å². The zero-order valence-electron chi connectivity index (χ0n) is 10.2. The summed E-state index contributed by atoms with van der Waals surface area (Å²) in [7, 11) is -1.86. The smallest absolute Gasteiger partial charge is 0.240 e. The molecule has 0 unspecified atom stereocenters. The monoisotopic (exact) mass is 252 g/mol. The normalized spacial score (nSPS) is 12.2. The van der Waals surface area contributed by atoms with Crippen LogP contribution in [0, 0.1) is 6.92 Å². The van der Waals surface area contributed by atoms with E-state index >= 15 is 0 Å². The van der Waals surface area contributed by atoms with E-state index in [0.717, 1.165) is 22.9 Å². The first-order valence-electron chi connectivity index (χ1n) is 5.46. The summed E-state index contributed by atoms with van der Waals surface area (Å²) in [5, 5.41) is 6.24. The zero-order valence-corrected chi connectivity index (χ0v) is 11.0. The first kappa shape index (κ1) is 12.1. The number of sulfonamides is 1. The number of rotatable bonds is 2. The molecule has 0 spiro atoms. The quantitative estimate of drug-likeness (QED) is 0.884. The number of fused-ring (bicyclic) bond motifs is 1. The number of aryl methyl sites for hydroxylation is 3. The van der Waals surface area contributed by atoms with E-state index in [-0.39, 0.29) is 4.90 Å². The van der Waals surface area contributed by atoms with Gasteiger partial charge in [-0.2, -0.15) is 0 Å². The van der Waals surface area contributed by atoms with Crippen molar-refractivity contribution in [2.45, 2.75) is 25.2 Å². The van der Waals surface area contributed by atoms with Gasteiger partial charge < -0.3 is 4.57 Å². The topological polar surface area (TPSA) is 65.1 Å². The highest BCUT2D eigenvalue weighted by Crippen LogP contribution is 2.28. The summed E-state index contributed by atoms with van der Waals surface area (Å²) in [5.41, 5.74) is 2.72. The van der Waals surface area contributed by atoms with Gasteiger partial charge in [-0.15, -0.1) is 0 Å². The van der Waals surface area contributed by atoms with Crippen molar-refractivity contribution in [1.29, 1.82) is 0 Å². The van der Waals surface area contributed by atoms with Crippen LogP contribution in [0.3, 0.4) is 0 Å². The SMILES string of the molecule is CCc1cc(S(N)(=O)=O)c2c(c1)c(C)cn2C. The summed E-state index contributed by atoms with van der Waals surface area (Å²) in [5.74, 6) is 0. The Hall–Kier alpha value is -1.33. The van der Waals surface area contributed by atoms with Crippen LogP contribution in [0.25, 0.3) is 10.9 Å². The Balaban J connectivity index is 2.99. The third kappa shape index (κ3) is 1.96. The summed E-state index contributed by atoms with van der Waals surface area (Å²) in [6, 6.07) is 3.69. The van der Waals surface area contributed by atoms with E-state index in [1.165, 1.54) is 0 Å². The Morgan fingerprint density at radius 3 is 2.53 bits per heavy atom. The van der Waals surface area contributed by atoms with Gasteiger partial charge in [0, 0.05) is 18.6 Å². The fourth-order valence-electron chi connectivity index (χ4n) is 2.17. The van der Waals surface area contributed by atoms with E-state index < -0.39 is 10.0 Å². The van der Waals surface area contributed by atoms with Crippen LogP contribution in [0.4, 0.5) is 0 Å². The van der Waals surface area contributed by atoms with Gasteiger partial charge >= 0.3 is 0 Å². The van der Waals surface area contributed by atoms with Gasteiger partial charge in [-0.3, -0.25) is 0 Å². The number of primary sulfonamides is 1. The Bertz CT molecular complexity index is 684. The van der Waals surface area contributed by atoms with Gasteiger partial charge in [-0.05, 0) is 36.6 Å². The highest BCUT2D eigenvalue weighted by atomic mass is 32.2. The Labute approximate surface area is 101 Å². The van der Waals surface area contributed by atoms with Crippen molar-refractivity contribution in [2.75, 3.05) is 0 Å². The Morgan fingerprint density at radius 1 is 1.35 bits per heavy atom. The molecule has 2 aromatic rings.